The van der Waals surface area contributed by atoms with Crippen molar-refractivity contribution in [3.63, 3.8) is 0 Å². The molecule has 0 aliphatic carbocycles. The Morgan fingerprint density at radius 2 is 2.12 bits per heavy atom. The first-order valence-electron chi connectivity index (χ1n) is 7.50. The maximum atomic E-state index is 12.1. The third-order valence-corrected chi connectivity index (χ3v) is 4.03. The molecule has 1 aromatic carbocycles. The molecule has 0 atom stereocenters. The second-order valence-electron chi connectivity index (χ2n) is 5.16. The molecular formula is C16H18Cl2N4O2. The van der Waals surface area contributed by atoms with E-state index in [1.165, 1.54) is 12.3 Å². The van der Waals surface area contributed by atoms with Gasteiger partial charge in [-0.1, -0.05) is 23.2 Å². The van der Waals surface area contributed by atoms with Gasteiger partial charge in [0.25, 0.3) is 5.91 Å². The lowest BCUT2D eigenvalue weighted by Crippen LogP contribution is -2.39. The molecule has 2 N–H and O–H groups in total. The zero-order valence-electron chi connectivity index (χ0n) is 13.0. The van der Waals surface area contributed by atoms with Gasteiger partial charge in [-0.25, -0.2) is 0 Å². The Balaban J connectivity index is 1.86. The number of benzene rings is 1. The second kappa shape index (κ2) is 9.50. The van der Waals surface area contributed by atoms with Crippen LogP contribution in [0.2, 0.25) is 10.0 Å². The summed E-state index contributed by atoms with van der Waals surface area (Å²) in [6, 6.07) is 6.60. The number of morpholine rings is 1. The van der Waals surface area contributed by atoms with E-state index in [2.05, 4.69) is 15.5 Å². The van der Waals surface area contributed by atoms with E-state index in [9.17, 15) is 4.79 Å². The fourth-order valence-electron chi connectivity index (χ4n) is 2.15. The molecule has 0 aromatic heterocycles. The van der Waals surface area contributed by atoms with Crippen LogP contribution in [0.4, 0.5) is 5.69 Å². The Morgan fingerprint density at radius 1 is 1.38 bits per heavy atom. The van der Waals surface area contributed by atoms with Gasteiger partial charge in [-0.3, -0.25) is 9.69 Å². The molecule has 1 heterocycles. The van der Waals surface area contributed by atoms with Crippen LogP contribution >= 0.6 is 23.2 Å². The Bertz CT molecular complexity index is 652. The standard InChI is InChI=1S/C16H18Cl2N4O2/c17-13-1-2-14(18)15(9-13)21-16(23)12(10-19)11-20-3-4-22-5-7-24-8-6-22/h1-2,9,11,20H,3-8H2,(H,21,23)/b12-11-. The van der Waals surface area contributed by atoms with E-state index in [0.717, 1.165) is 32.8 Å². The van der Waals surface area contributed by atoms with Crippen LogP contribution in [0.1, 0.15) is 0 Å². The molecule has 8 heteroatoms. The predicted molar refractivity (Wildman–Crippen MR) is 94.0 cm³/mol. The zero-order valence-corrected chi connectivity index (χ0v) is 14.5. The smallest absolute Gasteiger partial charge is 0.267 e. The van der Waals surface area contributed by atoms with Gasteiger partial charge in [0.2, 0.25) is 0 Å². The number of hydrogen-bond acceptors (Lipinski definition) is 5. The maximum Gasteiger partial charge on any atom is 0.267 e. The SMILES string of the molecule is N#C/C(=C/NCCN1CCOCC1)C(=O)Nc1cc(Cl)ccc1Cl. The van der Waals surface area contributed by atoms with E-state index in [4.69, 9.17) is 33.2 Å². The van der Waals surface area contributed by atoms with Gasteiger partial charge >= 0.3 is 0 Å². The van der Waals surface area contributed by atoms with E-state index in [1.54, 1.807) is 12.1 Å². The molecule has 1 fully saturated rings. The van der Waals surface area contributed by atoms with E-state index >= 15 is 0 Å². The fourth-order valence-corrected chi connectivity index (χ4v) is 2.49. The molecule has 128 valence electrons. The van der Waals surface area contributed by atoms with Crippen molar-refractivity contribution in [1.29, 1.82) is 5.26 Å². The van der Waals surface area contributed by atoms with E-state index < -0.39 is 5.91 Å². The summed E-state index contributed by atoms with van der Waals surface area (Å²) in [4.78, 5) is 14.4. The largest absolute Gasteiger partial charge is 0.388 e. The summed E-state index contributed by atoms with van der Waals surface area (Å²) in [5.74, 6) is -0.541. The van der Waals surface area contributed by atoms with Gasteiger partial charge < -0.3 is 15.4 Å². The van der Waals surface area contributed by atoms with Crippen LogP contribution in [0.25, 0.3) is 0 Å². The van der Waals surface area contributed by atoms with E-state index in [-0.39, 0.29) is 5.57 Å². The van der Waals surface area contributed by atoms with Gasteiger partial charge in [-0.15, -0.1) is 0 Å². The van der Waals surface area contributed by atoms with Crippen molar-refractivity contribution in [3.05, 3.63) is 40.0 Å². The minimum atomic E-state index is -0.541. The molecule has 0 radical (unpaired) electrons. The third-order valence-electron chi connectivity index (χ3n) is 3.46. The number of nitrogens with zero attached hydrogens (tertiary/aromatic N) is 2. The first-order valence-corrected chi connectivity index (χ1v) is 8.26. The number of hydrogen-bond donors (Lipinski definition) is 2. The average molecular weight is 369 g/mol. The van der Waals surface area contributed by atoms with Crippen molar-refractivity contribution in [2.45, 2.75) is 0 Å². The molecule has 1 aliphatic rings. The van der Waals surface area contributed by atoms with Gasteiger partial charge in [0.05, 0.1) is 23.9 Å². The van der Waals surface area contributed by atoms with Crippen molar-refractivity contribution in [3.8, 4) is 6.07 Å². The van der Waals surface area contributed by atoms with E-state index in [0.29, 0.717) is 22.3 Å². The number of amides is 1. The van der Waals surface area contributed by atoms with Crippen molar-refractivity contribution in [2.75, 3.05) is 44.7 Å². The molecule has 2 rings (SSSR count). The minimum Gasteiger partial charge on any atom is -0.388 e. The first kappa shape index (κ1) is 18.6. The van der Waals surface area contributed by atoms with Crippen LogP contribution < -0.4 is 10.6 Å². The maximum absolute atomic E-state index is 12.1. The number of nitriles is 1. The van der Waals surface area contributed by atoms with Crippen LogP contribution in [0.3, 0.4) is 0 Å². The normalized spacial score (nSPS) is 15.6. The average Bonchev–Trinajstić information content (AvgIpc) is 2.59. The topological polar surface area (TPSA) is 77.4 Å². The predicted octanol–water partition coefficient (Wildman–Crippen LogP) is 2.26. The summed E-state index contributed by atoms with van der Waals surface area (Å²) in [5.41, 5.74) is 0.330. The summed E-state index contributed by atoms with van der Waals surface area (Å²) in [6.45, 7) is 4.72. The lowest BCUT2D eigenvalue weighted by atomic mass is 10.2. The van der Waals surface area contributed by atoms with Crippen molar-refractivity contribution in [1.82, 2.24) is 10.2 Å². The molecule has 1 aliphatic heterocycles. The van der Waals surface area contributed by atoms with Gasteiger partial charge in [-0.2, -0.15) is 5.26 Å². The molecule has 0 spiro atoms. The minimum absolute atomic E-state index is 0.0342. The molecule has 0 bridgehead atoms. The van der Waals surface area contributed by atoms with Crippen LogP contribution in [0.15, 0.2) is 30.0 Å². The number of carbonyl (C=O) groups is 1. The highest BCUT2D eigenvalue weighted by atomic mass is 35.5. The Labute approximate surface area is 151 Å². The Hall–Kier alpha value is -1.78. The zero-order chi connectivity index (χ0) is 17.4. The van der Waals surface area contributed by atoms with Crippen LogP contribution in [-0.4, -0.2) is 50.2 Å². The number of ether oxygens (including phenoxy) is 1. The number of halogens is 2. The Kier molecular flexibility index (Phi) is 7.35. The second-order valence-corrected chi connectivity index (χ2v) is 6.00. The lowest BCUT2D eigenvalue weighted by Gasteiger charge is -2.26. The monoisotopic (exact) mass is 368 g/mol. The fraction of sp³-hybridized carbons (Fsp3) is 0.375. The van der Waals surface area contributed by atoms with Gasteiger partial charge in [0, 0.05) is 37.4 Å². The van der Waals surface area contributed by atoms with Gasteiger partial charge in [0.1, 0.15) is 11.6 Å². The summed E-state index contributed by atoms with van der Waals surface area (Å²) in [7, 11) is 0. The molecule has 1 amide bonds. The molecule has 6 nitrogen and oxygen atoms in total. The Morgan fingerprint density at radius 3 is 2.83 bits per heavy atom. The highest BCUT2D eigenvalue weighted by Crippen LogP contribution is 2.25. The van der Waals surface area contributed by atoms with Gasteiger partial charge in [-0.05, 0) is 18.2 Å². The third kappa shape index (κ3) is 5.69. The van der Waals surface area contributed by atoms with Crippen LogP contribution in [-0.2, 0) is 9.53 Å². The molecule has 24 heavy (non-hydrogen) atoms. The van der Waals surface area contributed by atoms with Crippen LogP contribution in [0.5, 0.6) is 0 Å². The first-order chi connectivity index (χ1) is 11.6. The van der Waals surface area contributed by atoms with E-state index in [1.807, 2.05) is 6.07 Å². The summed E-state index contributed by atoms with van der Waals surface area (Å²) in [5, 5.41) is 15.5. The molecule has 1 saturated heterocycles. The summed E-state index contributed by atoms with van der Waals surface area (Å²) in [6.07, 6.45) is 1.41. The van der Waals surface area contributed by atoms with Crippen molar-refractivity contribution < 1.29 is 9.53 Å². The van der Waals surface area contributed by atoms with Gasteiger partial charge in [0.15, 0.2) is 0 Å². The molecule has 1 aromatic rings. The highest BCUT2D eigenvalue weighted by Gasteiger charge is 2.12. The molecule has 0 saturated carbocycles. The number of rotatable bonds is 6. The van der Waals surface area contributed by atoms with Crippen LogP contribution in [0, 0.1) is 11.3 Å². The van der Waals surface area contributed by atoms with Crippen molar-refractivity contribution >= 4 is 34.8 Å². The quantitative estimate of drug-likeness (QED) is 0.457. The molecular weight excluding hydrogens is 351 g/mol. The molecule has 0 unspecified atom stereocenters. The number of nitrogens with one attached hydrogen (secondary N) is 2. The summed E-state index contributed by atoms with van der Waals surface area (Å²) >= 11 is 11.9. The summed E-state index contributed by atoms with van der Waals surface area (Å²) < 4.78 is 5.28. The van der Waals surface area contributed by atoms with Crippen molar-refractivity contribution in [2.24, 2.45) is 0 Å². The number of carbonyl (C=O) groups excluding carboxylic acids is 1. The number of anilines is 1. The lowest BCUT2D eigenvalue weighted by molar-refractivity contribution is -0.112. The highest BCUT2D eigenvalue weighted by molar-refractivity contribution is 6.35.